The number of nitro groups is 1. The number of anilines is 1. The van der Waals surface area contributed by atoms with Crippen molar-refractivity contribution in [3.8, 4) is 0 Å². The van der Waals surface area contributed by atoms with Gasteiger partial charge < -0.3 is 10.1 Å². The van der Waals surface area contributed by atoms with E-state index in [1.807, 2.05) is 0 Å². The molecule has 2 aromatic carbocycles. The molecule has 1 saturated carbocycles. The van der Waals surface area contributed by atoms with E-state index < -0.39 is 28.8 Å². The number of carbonyl (C=O) groups excluding carboxylic acids is 2. The Bertz CT molecular complexity index is 940. The first-order chi connectivity index (χ1) is 13.8. The van der Waals surface area contributed by atoms with Crippen molar-refractivity contribution in [3.63, 3.8) is 0 Å². The number of non-ortho nitro benzene ring substituents is 1. The molecule has 2 aromatic rings. The van der Waals surface area contributed by atoms with Crippen LogP contribution >= 0.6 is 23.2 Å². The van der Waals surface area contributed by atoms with Crippen LogP contribution in [-0.2, 0) is 19.7 Å². The zero-order valence-electron chi connectivity index (χ0n) is 15.3. The maximum Gasteiger partial charge on any atom is 0.317 e. The van der Waals surface area contributed by atoms with E-state index >= 15 is 0 Å². The predicted octanol–water partition coefficient (Wildman–Crippen LogP) is 4.90. The van der Waals surface area contributed by atoms with Crippen LogP contribution in [0.4, 0.5) is 11.4 Å². The van der Waals surface area contributed by atoms with Gasteiger partial charge in [0, 0.05) is 17.2 Å². The Morgan fingerprint density at radius 3 is 2.38 bits per heavy atom. The van der Waals surface area contributed by atoms with Crippen molar-refractivity contribution in [1.82, 2.24) is 0 Å². The number of nitro benzene ring substituents is 1. The van der Waals surface area contributed by atoms with Gasteiger partial charge in [0.2, 0.25) is 0 Å². The molecule has 0 heterocycles. The number of hydrogen-bond donors (Lipinski definition) is 1. The number of benzene rings is 2. The topological polar surface area (TPSA) is 98.5 Å². The standard InChI is InChI=1S/C20H18Cl2N2O5/c21-14-5-3-13(4-6-14)20(9-1-2-10-20)19(26)29-12-18(25)23-17-11-15(24(27)28)7-8-16(17)22/h3-8,11H,1-2,9-10,12H2,(H,23,25). The maximum atomic E-state index is 12.9. The molecule has 0 atom stereocenters. The monoisotopic (exact) mass is 436 g/mol. The number of carbonyl (C=O) groups is 2. The summed E-state index contributed by atoms with van der Waals surface area (Å²) in [7, 11) is 0. The van der Waals surface area contributed by atoms with E-state index in [2.05, 4.69) is 5.32 Å². The summed E-state index contributed by atoms with van der Waals surface area (Å²) in [6.07, 6.45) is 3.03. The van der Waals surface area contributed by atoms with Crippen LogP contribution in [0.2, 0.25) is 10.0 Å². The lowest BCUT2D eigenvalue weighted by Gasteiger charge is -2.27. The Kier molecular flexibility index (Phi) is 6.39. The largest absolute Gasteiger partial charge is 0.455 e. The fraction of sp³-hybridized carbons (Fsp3) is 0.300. The molecule has 7 nitrogen and oxygen atoms in total. The number of amides is 1. The minimum Gasteiger partial charge on any atom is -0.455 e. The second kappa shape index (κ2) is 8.80. The van der Waals surface area contributed by atoms with Gasteiger partial charge in [-0.15, -0.1) is 0 Å². The molecule has 1 fully saturated rings. The molecule has 0 spiro atoms. The van der Waals surface area contributed by atoms with Crippen molar-refractivity contribution in [3.05, 3.63) is 68.2 Å². The summed E-state index contributed by atoms with van der Waals surface area (Å²) < 4.78 is 5.30. The van der Waals surface area contributed by atoms with Crippen molar-refractivity contribution >= 4 is 46.5 Å². The molecule has 1 aliphatic carbocycles. The van der Waals surface area contributed by atoms with E-state index in [4.69, 9.17) is 27.9 Å². The molecule has 152 valence electrons. The van der Waals surface area contributed by atoms with Crippen LogP contribution < -0.4 is 5.32 Å². The first kappa shape index (κ1) is 21.1. The van der Waals surface area contributed by atoms with Crippen molar-refractivity contribution < 1.29 is 19.2 Å². The molecule has 0 unspecified atom stereocenters. The number of rotatable bonds is 6. The molecular weight excluding hydrogens is 419 g/mol. The highest BCUT2D eigenvalue weighted by Crippen LogP contribution is 2.42. The third-order valence-corrected chi connectivity index (χ3v) is 5.60. The highest BCUT2D eigenvalue weighted by Gasteiger charge is 2.44. The van der Waals surface area contributed by atoms with Crippen molar-refractivity contribution in [1.29, 1.82) is 0 Å². The highest BCUT2D eigenvalue weighted by molar-refractivity contribution is 6.33. The number of ether oxygens (including phenoxy) is 1. The second-order valence-electron chi connectivity index (χ2n) is 6.84. The predicted molar refractivity (Wildman–Crippen MR) is 109 cm³/mol. The number of nitrogens with one attached hydrogen (secondary N) is 1. The van der Waals surface area contributed by atoms with Gasteiger partial charge >= 0.3 is 5.97 Å². The van der Waals surface area contributed by atoms with Crippen molar-refractivity contribution in [2.45, 2.75) is 31.1 Å². The van der Waals surface area contributed by atoms with Crippen LogP contribution in [0.3, 0.4) is 0 Å². The van der Waals surface area contributed by atoms with Crippen molar-refractivity contribution in [2.24, 2.45) is 0 Å². The van der Waals surface area contributed by atoms with Gasteiger partial charge in [0.05, 0.1) is 21.0 Å². The minimum absolute atomic E-state index is 0.0789. The van der Waals surface area contributed by atoms with Gasteiger partial charge in [-0.1, -0.05) is 48.2 Å². The molecule has 1 amide bonds. The van der Waals surface area contributed by atoms with Crippen LogP contribution in [0, 0.1) is 10.1 Å². The Morgan fingerprint density at radius 2 is 1.76 bits per heavy atom. The number of esters is 1. The molecule has 0 aliphatic heterocycles. The molecule has 1 N–H and O–H groups in total. The molecular formula is C20H18Cl2N2O5. The third-order valence-electron chi connectivity index (χ3n) is 5.01. The summed E-state index contributed by atoms with van der Waals surface area (Å²) in [6.45, 7) is -0.521. The maximum absolute atomic E-state index is 12.9. The first-order valence-corrected chi connectivity index (χ1v) is 9.74. The van der Waals surface area contributed by atoms with E-state index in [1.165, 1.54) is 12.1 Å². The van der Waals surface area contributed by atoms with Crippen LogP contribution in [0.25, 0.3) is 0 Å². The van der Waals surface area contributed by atoms with Gasteiger partial charge in [-0.3, -0.25) is 19.7 Å². The lowest BCUT2D eigenvalue weighted by Crippen LogP contribution is -2.36. The van der Waals surface area contributed by atoms with Gasteiger partial charge in [-0.25, -0.2) is 0 Å². The Morgan fingerprint density at radius 1 is 1.10 bits per heavy atom. The molecule has 3 rings (SSSR count). The highest BCUT2D eigenvalue weighted by atomic mass is 35.5. The molecule has 0 aromatic heterocycles. The van der Waals surface area contributed by atoms with Crippen LogP contribution in [0.5, 0.6) is 0 Å². The van der Waals surface area contributed by atoms with Gasteiger partial charge in [0.25, 0.3) is 11.6 Å². The summed E-state index contributed by atoms with van der Waals surface area (Å²) in [6, 6.07) is 10.7. The Balaban J connectivity index is 1.68. The zero-order valence-corrected chi connectivity index (χ0v) is 16.8. The average Bonchev–Trinajstić information content (AvgIpc) is 3.19. The third kappa shape index (κ3) is 4.68. The van der Waals surface area contributed by atoms with Gasteiger partial charge in [0.15, 0.2) is 6.61 Å². The van der Waals surface area contributed by atoms with Gasteiger partial charge in [-0.05, 0) is 36.6 Å². The molecule has 9 heteroatoms. The van der Waals surface area contributed by atoms with E-state index in [-0.39, 0.29) is 16.4 Å². The first-order valence-electron chi connectivity index (χ1n) is 8.99. The van der Waals surface area contributed by atoms with Gasteiger partial charge in [0.1, 0.15) is 0 Å². The summed E-state index contributed by atoms with van der Waals surface area (Å²) in [5.74, 6) is -1.11. The van der Waals surface area contributed by atoms with Crippen LogP contribution in [-0.4, -0.2) is 23.4 Å². The van der Waals surface area contributed by atoms with E-state index in [0.29, 0.717) is 17.9 Å². The number of hydrogen-bond acceptors (Lipinski definition) is 5. The lowest BCUT2D eigenvalue weighted by molar-refractivity contribution is -0.384. The number of nitrogens with zero attached hydrogens (tertiary/aromatic N) is 1. The molecule has 0 saturated heterocycles. The van der Waals surface area contributed by atoms with E-state index in [9.17, 15) is 19.7 Å². The summed E-state index contributed by atoms with van der Waals surface area (Å²) >= 11 is 11.9. The summed E-state index contributed by atoms with van der Waals surface area (Å²) in [5.41, 5.74) is -0.121. The van der Waals surface area contributed by atoms with E-state index in [1.54, 1.807) is 24.3 Å². The van der Waals surface area contributed by atoms with E-state index in [0.717, 1.165) is 24.5 Å². The molecule has 29 heavy (non-hydrogen) atoms. The Hall–Kier alpha value is -2.64. The molecule has 1 aliphatic rings. The zero-order chi connectivity index (χ0) is 21.0. The number of halogens is 2. The average molecular weight is 437 g/mol. The van der Waals surface area contributed by atoms with Crippen LogP contribution in [0.15, 0.2) is 42.5 Å². The van der Waals surface area contributed by atoms with Crippen LogP contribution in [0.1, 0.15) is 31.2 Å². The summed E-state index contributed by atoms with van der Waals surface area (Å²) in [4.78, 5) is 35.4. The molecule has 0 bridgehead atoms. The fourth-order valence-corrected chi connectivity index (χ4v) is 3.83. The summed E-state index contributed by atoms with van der Waals surface area (Å²) in [5, 5.41) is 14.0. The fourth-order valence-electron chi connectivity index (χ4n) is 3.54. The van der Waals surface area contributed by atoms with Crippen molar-refractivity contribution in [2.75, 3.05) is 11.9 Å². The normalized spacial score (nSPS) is 15.0. The smallest absolute Gasteiger partial charge is 0.317 e. The quantitative estimate of drug-likeness (QED) is 0.394. The van der Waals surface area contributed by atoms with Gasteiger partial charge in [-0.2, -0.15) is 0 Å². The minimum atomic E-state index is -0.798. The Labute approximate surface area is 177 Å². The second-order valence-corrected chi connectivity index (χ2v) is 7.69. The molecule has 0 radical (unpaired) electrons. The lowest BCUT2D eigenvalue weighted by atomic mass is 9.79. The SMILES string of the molecule is O=C(COC(=O)C1(c2ccc(Cl)cc2)CCCC1)Nc1cc([N+](=O)[O-])ccc1Cl.